The van der Waals surface area contributed by atoms with Gasteiger partial charge in [0.2, 0.25) is 0 Å². The first kappa shape index (κ1) is 20.5. The fraction of sp³-hybridized carbons (Fsp3) is 0.185. The van der Waals surface area contributed by atoms with Crippen molar-refractivity contribution in [3.05, 3.63) is 113 Å². The number of hydrogen-bond acceptors (Lipinski definition) is 2. The lowest BCUT2D eigenvalue weighted by atomic mass is 10.00. The Morgan fingerprint density at radius 1 is 0.844 bits per heavy atom. The number of thiocarbonyl (C=S) groups is 1. The highest BCUT2D eigenvalue weighted by atomic mass is 32.1. The largest absolute Gasteiger partial charge is 0.351 e. The number of hydrogen-bond donors (Lipinski definition) is 1. The number of anilines is 1. The lowest BCUT2D eigenvalue weighted by Gasteiger charge is -2.29. The summed E-state index contributed by atoms with van der Waals surface area (Å²) in [6.07, 6.45) is 3.96. The Morgan fingerprint density at radius 2 is 1.62 bits per heavy atom. The molecule has 1 N–H and O–H groups in total. The number of nitrogens with one attached hydrogen (secondary N) is 1. The van der Waals surface area contributed by atoms with Crippen LogP contribution in [-0.2, 0) is 0 Å². The molecule has 0 unspecified atom stereocenters. The van der Waals surface area contributed by atoms with Gasteiger partial charge in [0.25, 0.3) is 0 Å². The topological polar surface area (TPSA) is 33.1 Å². The second-order valence-electron chi connectivity index (χ2n) is 8.40. The molecule has 2 aromatic heterocycles. The number of rotatable bonds is 4. The summed E-state index contributed by atoms with van der Waals surface area (Å²) < 4.78 is 2.25. The van der Waals surface area contributed by atoms with Gasteiger partial charge in [0, 0.05) is 29.5 Å². The van der Waals surface area contributed by atoms with E-state index in [0.29, 0.717) is 5.11 Å². The molecule has 32 heavy (non-hydrogen) atoms. The predicted molar refractivity (Wildman–Crippen MR) is 134 cm³/mol. The Labute approximate surface area is 194 Å². The number of benzene rings is 2. The van der Waals surface area contributed by atoms with E-state index in [1.54, 1.807) is 0 Å². The van der Waals surface area contributed by atoms with E-state index in [2.05, 4.69) is 107 Å². The molecule has 1 fully saturated rings. The molecule has 0 amide bonds. The molecule has 3 heterocycles. The van der Waals surface area contributed by atoms with Gasteiger partial charge >= 0.3 is 0 Å². The van der Waals surface area contributed by atoms with E-state index in [4.69, 9.17) is 12.2 Å². The van der Waals surface area contributed by atoms with Gasteiger partial charge in [0.15, 0.2) is 5.11 Å². The second-order valence-corrected chi connectivity index (χ2v) is 8.79. The molecular formula is C27H26N4S. The van der Waals surface area contributed by atoms with Gasteiger partial charge in [-0.25, -0.2) is 0 Å². The van der Waals surface area contributed by atoms with E-state index < -0.39 is 0 Å². The lowest BCUT2D eigenvalue weighted by Crippen LogP contribution is -2.30. The average Bonchev–Trinajstić information content (AvgIpc) is 3.41. The van der Waals surface area contributed by atoms with Crippen LogP contribution in [0.2, 0.25) is 0 Å². The third-order valence-corrected chi connectivity index (χ3v) is 6.58. The summed E-state index contributed by atoms with van der Waals surface area (Å²) in [5.41, 5.74) is 8.12. The van der Waals surface area contributed by atoms with Crippen molar-refractivity contribution in [3.63, 3.8) is 0 Å². The highest BCUT2D eigenvalue weighted by molar-refractivity contribution is 7.80. The normalized spacial score (nSPS) is 18.1. The fourth-order valence-electron chi connectivity index (χ4n) is 4.38. The predicted octanol–water partition coefficient (Wildman–Crippen LogP) is 5.97. The molecule has 1 aliphatic rings. The van der Waals surface area contributed by atoms with Gasteiger partial charge in [0.1, 0.15) is 6.04 Å². The molecule has 4 aromatic rings. The first-order valence-electron chi connectivity index (χ1n) is 10.8. The minimum atomic E-state index is -0.0654. The summed E-state index contributed by atoms with van der Waals surface area (Å²) in [6, 6.07) is 25.4. The van der Waals surface area contributed by atoms with E-state index in [1.165, 1.54) is 16.7 Å². The molecule has 5 heteroatoms. The molecule has 0 aliphatic carbocycles. The average molecular weight is 439 g/mol. The molecule has 2 aromatic carbocycles. The van der Waals surface area contributed by atoms with E-state index in [1.807, 2.05) is 18.3 Å². The lowest BCUT2D eigenvalue weighted by molar-refractivity contribution is 0.549. The Hall–Kier alpha value is -3.44. The van der Waals surface area contributed by atoms with Crippen molar-refractivity contribution in [3.8, 4) is 5.69 Å². The second kappa shape index (κ2) is 8.24. The first-order chi connectivity index (χ1) is 15.5. The molecule has 0 bridgehead atoms. The Morgan fingerprint density at radius 3 is 2.34 bits per heavy atom. The third kappa shape index (κ3) is 3.59. The van der Waals surface area contributed by atoms with Crippen molar-refractivity contribution >= 4 is 23.0 Å². The van der Waals surface area contributed by atoms with Crippen LogP contribution in [0.4, 0.5) is 5.69 Å². The van der Waals surface area contributed by atoms with Gasteiger partial charge in [-0.05, 0) is 92.6 Å². The van der Waals surface area contributed by atoms with Crippen LogP contribution >= 0.6 is 12.2 Å². The van der Waals surface area contributed by atoms with Crippen LogP contribution in [0.5, 0.6) is 0 Å². The van der Waals surface area contributed by atoms with E-state index in [9.17, 15) is 0 Å². The molecular weight excluding hydrogens is 412 g/mol. The van der Waals surface area contributed by atoms with Crippen LogP contribution in [0.3, 0.4) is 0 Å². The maximum absolute atomic E-state index is 5.88. The zero-order chi connectivity index (χ0) is 22.2. The minimum absolute atomic E-state index is 0.0455. The quantitative estimate of drug-likeness (QED) is 0.398. The fourth-order valence-corrected chi connectivity index (χ4v) is 4.73. The van der Waals surface area contributed by atoms with Crippen LogP contribution < -0.4 is 10.2 Å². The smallest absolute Gasteiger partial charge is 0.174 e. The maximum atomic E-state index is 5.88. The molecule has 0 saturated carbocycles. The summed E-state index contributed by atoms with van der Waals surface area (Å²) >= 11 is 5.88. The molecule has 5 rings (SSSR count). The van der Waals surface area contributed by atoms with Crippen molar-refractivity contribution in [2.45, 2.75) is 32.9 Å². The Bertz CT molecular complexity index is 1260. The molecule has 0 spiro atoms. The summed E-state index contributed by atoms with van der Waals surface area (Å²) in [5.74, 6) is 0. The van der Waals surface area contributed by atoms with E-state index in [0.717, 1.165) is 22.8 Å². The molecule has 0 radical (unpaired) electrons. The molecule has 1 saturated heterocycles. The highest BCUT2D eigenvalue weighted by Gasteiger charge is 2.42. The van der Waals surface area contributed by atoms with Crippen LogP contribution in [-0.4, -0.2) is 14.7 Å². The van der Waals surface area contributed by atoms with Crippen molar-refractivity contribution < 1.29 is 0 Å². The van der Waals surface area contributed by atoms with E-state index in [-0.39, 0.29) is 12.1 Å². The van der Waals surface area contributed by atoms with Gasteiger partial charge in [-0.3, -0.25) is 4.98 Å². The maximum Gasteiger partial charge on any atom is 0.174 e. The van der Waals surface area contributed by atoms with Crippen molar-refractivity contribution in [1.82, 2.24) is 14.9 Å². The monoisotopic (exact) mass is 438 g/mol. The zero-order valence-corrected chi connectivity index (χ0v) is 19.3. The minimum Gasteiger partial charge on any atom is -0.351 e. The van der Waals surface area contributed by atoms with Gasteiger partial charge in [-0.2, -0.15) is 0 Å². The molecule has 1 aliphatic heterocycles. The number of nitrogens with zero attached hydrogens (tertiary/aromatic N) is 3. The zero-order valence-electron chi connectivity index (χ0n) is 18.5. The Balaban J connectivity index is 1.67. The van der Waals surface area contributed by atoms with E-state index >= 15 is 0 Å². The van der Waals surface area contributed by atoms with Gasteiger partial charge < -0.3 is 14.8 Å². The number of aromatic nitrogens is 2. The van der Waals surface area contributed by atoms with Gasteiger partial charge in [-0.1, -0.05) is 29.8 Å². The van der Waals surface area contributed by atoms with Crippen molar-refractivity contribution in [1.29, 1.82) is 0 Å². The highest BCUT2D eigenvalue weighted by Crippen LogP contribution is 2.42. The first-order valence-corrected chi connectivity index (χ1v) is 11.3. The summed E-state index contributed by atoms with van der Waals surface area (Å²) in [7, 11) is 0. The number of pyridine rings is 1. The van der Waals surface area contributed by atoms with Gasteiger partial charge in [0.05, 0.1) is 11.7 Å². The van der Waals surface area contributed by atoms with Crippen LogP contribution in [0, 0.1) is 20.8 Å². The van der Waals surface area contributed by atoms with Crippen molar-refractivity contribution in [2.24, 2.45) is 0 Å². The molecule has 2 atom stereocenters. The summed E-state index contributed by atoms with van der Waals surface area (Å²) in [6.45, 7) is 6.39. The van der Waals surface area contributed by atoms with Gasteiger partial charge in [-0.15, -0.1) is 0 Å². The molecule has 4 nitrogen and oxygen atoms in total. The third-order valence-electron chi connectivity index (χ3n) is 6.26. The Kier molecular flexibility index (Phi) is 5.27. The SMILES string of the molecule is Cc1ccc(-n2cccc2[C@@H]2[C@@H](c3ccccn3)NC(=S)N2c2ccc(C)c(C)c2)cc1. The van der Waals surface area contributed by atoms with Crippen LogP contribution in [0.25, 0.3) is 5.69 Å². The summed E-state index contributed by atoms with van der Waals surface area (Å²) in [5, 5.41) is 4.27. The van der Waals surface area contributed by atoms with Crippen molar-refractivity contribution in [2.75, 3.05) is 4.90 Å². The van der Waals surface area contributed by atoms with Crippen LogP contribution in [0.15, 0.2) is 85.2 Å². The standard InChI is InChI=1S/C27H26N4S/c1-18-9-12-21(13-10-18)30-16-6-8-24(30)26-25(23-7-4-5-15-28-23)29-27(32)31(26)22-14-11-19(2)20(3)17-22/h4-17,25-26H,1-3H3,(H,29,32)/t25-,26-/m1/s1. The molecule has 160 valence electrons. The summed E-state index contributed by atoms with van der Waals surface area (Å²) in [4.78, 5) is 6.91. The van der Waals surface area contributed by atoms with Crippen LogP contribution in [0.1, 0.15) is 40.2 Å². The number of aryl methyl sites for hydroxylation is 3.